The molecule has 2 N–H and O–H groups in total. The van der Waals surface area contributed by atoms with Crippen LogP contribution in [0.5, 0.6) is 0 Å². The fourth-order valence-electron chi connectivity index (χ4n) is 2.51. The minimum Gasteiger partial charge on any atom is -0.393 e. The van der Waals surface area contributed by atoms with Crippen LogP contribution in [0.3, 0.4) is 0 Å². The number of aryl methyl sites for hydroxylation is 2. The van der Waals surface area contributed by atoms with Crippen molar-refractivity contribution in [2.75, 3.05) is 13.1 Å². The van der Waals surface area contributed by atoms with Crippen molar-refractivity contribution in [1.29, 1.82) is 0 Å². The molecule has 1 fully saturated rings. The van der Waals surface area contributed by atoms with Gasteiger partial charge in [0.05, 0.1) is 4.99 Å². The first-order chi connectivity index (χ1) is 9.33. The van der Waals surface area contributed by atoms with Gasteiger partial charge >= 0.3 is 0 Å². The molecule has 1 aromatic rings. The molecule has 1 aliphatic heterocycles. The number of nitrogens with zero attached hydrogens (tertiary/aromatic N) is 1. The minimum atomic E-state index is -0.102. The number of nitrogens with two attached hydrogens (primary N) is 1. The lowest BCUT2D eigenvalue weighted by Crippen LogP contribution is -2.46. The predicted molar refractivity (Wildman–Crippen MR) is 85.9 cm³/mol. The summed E-state index contributed by atoms with van der Waals surface area (Å²) >= 11 is 5.13. The first-order valence-corrected chi connectivity index (χ1v) is 7.41. The molecule has 0 aliphatic carbocycles. The van der Waals surface area contributed by atoms with E-state index < -0.39 is 0 Å². The molecule has 0 atom stereocenters. The number of carbonyl (C=O) groups excluding carboxylic acids is 1. The molecule has 0 bridgehead atoms. The molecule has 0 unspecified atom stereocenters. The molecule has 1 amide bonds. The Morgan fingerprint density at radius 1 is 1.25 bits per heavy atom. The average molecular weight is 290 g/mol. The van der Waals surface area contributed by atoms with Crippen LogP contribution in [-0.2, 0) is 0 Å². The topological polar surface area (TPSA) is 46.3 Å². The summed E-state index contributed by atoms with van der Waals surface area (Å²) in [6, 6.07) is 5.89. The average Bonchev–Trinajstić information content (AvgIpc) is 2.42. The highest BCUT2D eigenvalue weighted by Crippen LogP contribution is 2.31. The van der Waals surface area contributed by atoms with E-state index >= 15 is 0 Å². The largest absolute Gasteiger partial charge is 0.393 e. The van der Waals surface area contributed by atoms with E-state index in [9.17, 15) is 4.79 Å². The highest BCUT2D eigenvalue weighted by atomic mass is 32.1. The number of thiocarbonyl (C=S) groups is 1. The molecule has 2 rings (SSSR count). The molecular formula is C16H22N2OS. The molecule has 3 nitrogen and oxygen atoms in total. The Kier molecular flexibility index (Phi) is 4.14. The number of amides is 1. The second-order valence-electron chi connectivity index (χ2n) is 6.02. The van der Waals surface area contributed by atoms with Gasteiger partial charge in [0.2, 0.25) is 0 Å². The van der Waals surface area contributed by atoms with Crippen LogP contribution in [0.4, 0.5) is 0 Å². The van der Waals surface area contributed by atoms with Crippen molar-refractivity contribution in [2.45, 2.75) is 33.6 Å². The highest BCUT2D eigenvalue weighted by Gasteiger charge is 2.34. The third kappa shape index (κ3) is 2.85. The van der Waals surface area contributed by atoms with Crippen LogP contribution in [0.25, 0.3) is 0 Å². The molecule has 1 aliphatic rings. The highest BCUT2D eigenvalue weighted by molar-refractivity contribution is 7.80. The van der Waals surface area contributed by atoms with Crippen LogP contribution in [0.1, 0.15) is 41.3 Å². The Hall–Kier alpha value is -1.42. The molecule has 4 heteroatoms. The van der Waals surface area contributed by atoms with Gasteiger partial charge in [-0.2, -0.15) is 0 Å². The molecule has 0 spiro atoms. The lowest BCUT2D eigenvalue weighted by atomic mass is 9.80. The number of hydrogen-bond acceptors (Lipinski definition) is 2. The van der Waals surface area contributed by atoms with Crippen LogP contribution in [0.2, 0.25) is 0 Å². The number of benzene rings is 1. The summed E-state index contributed by atoms with van der Waals surface area (Å²) in [7, 11) is 0. The quantitative estimate of drug-likeness (QED) is 0.852. The molecule has 0 aromatic heterocycles. The van der Waals surface area contributed by atoms with E-state index in [0.29, 0.717) is 4.99 Å². The van der Waals surface area contributed by atoms with Crippen molar-refractivity contribution in [3.8, 4) is 0 Å². The van der Waals surface area contributed by atoms with Gasteiger partial charge in [-0.3, -0.25) is 4.79 Å². The van der Waals surface area contributed by atoms with Crippen molar-refractivity contribution in [2.24, 2.45) is 11.1 Å². The predicted octanol–water partition coefficient (Wildman–Crippen LogP) is 2.83. The zero-order chi connectivity index (χ0) is 14.9. The summed E-state index contributed by atoms with van der Waals surface area (Å²) < 4.78 is 0. The fraction of sp³-hybridized carbons (Fsp3) is 0.500. The van der Waals surface area contributed by atoms with Gasteiger partial charge in [0.15, 0.2) is 0 Å². The van der Waals surface area contributed by atoms with Crippen LogP contribution < -0.4 is 5.73 Å². The van der Waals surface area contributed by atoms with E-state index in [1.165, 1.54) is 5.56 Å². The molecule has 108 valence electrons. The van der Waals surface area contributed by atoms with Crippen molar-refractivity contribution < 1.29 is 4.79 Å². The summed E-state index contributed by atoms with van der Waals surface area (Å²) in [5.74, 6) is 0.109. The third-order valence-corrected chi connectivity index (χ3v) is 5.00. The molecule has 1 aromatic carbocycles. The van der Waals surface area contributed by atoms with Gasteiger partial charge in [0.1, 0.15) is 0 Å². The summed E-state index contributed by atoms with van der Waals surface area (Å²) in [5.41, 5.74) is 8.83. The van der Waals surface area contributed by atoms with Crippen LogP contribution in [0, 0.1) is 19.3 Å². The second-order valence-corrected chi connectivity index (χ2v) is 6.46. The first-order valence-electron chi connectivity index (χ1n) is 7.00. The fourth-order valence-corrected chi connectivity index (χ4v) is 2.71. The number of piperidine rings is 1. The molecule has 1 saturated heterocycles. The smallest absolute Gasteiger partial charge is 0.253 e. The number of likely N-dealkylation sites (tertiary alicyclic amines) is 1. The Bertz CT molecular complexity index is 545. The lowest BCUT2D eigenvalue weighted by Gasteiger charge is -2.38. The molecule has 0 radical (unpaired) electrons. The molecule has 0 saturated carbocycles. The summed E-state index contributed by atoms with van der Waals surface area (Å²) in [6.07, 6.45) is 1.69. The third-order valence-electron chi connectivity index (χ3n) is 4.50. The Morgan fingerprint density at radius 2 is 1.85 bits per heavy atom. The standard InChI is InChI=1S/C16H22N2OS/c1-11-4-5-13(10-12(11)2)14(19)18-8-6-16(3,7-9-18)15(17)20/h4-5,10H,6-9H2,1-3H3,(H2,17,20). The number of carbonyl (C=O) groups is 1. The zero-order valence-corrected chi connectivity index (χ0v) is 13.2. The van der Waals surface area contributed by atoms with Gasteiger partial charge in [-0.05, 0) is 49.9 Å². The van der Waals surface area contributed by atoms with Crippen molar-refractivity contribution in [1.82, 2.24) is 4.90 Å². The van der Waals surface area contributed by atoms with Gasteiger partial charge in [0.25, 0.3) is 5.91 Å². The van der Waals surface area contributed by atoms with E-state index in [4.69, 9.17) is 18.0 Å². The van der Waals surface area contributed by atoms with Crippen LogP contribution >= 0.6 is 12.2 Å². The van der Waals surface area contributed by atoms with Crippen LogP contribution in [-0.4, -0.2) is 28.9 Å². The summed E-state index contributed by atoms with van der Waals surface area (Å²) in [4.78, 5) is 15.0. The van der Waals surface area contributed by atoms with Crippen molar-refractivity contribution in [3.63, 3.8) is 0 Å². The minimum absolute atomic E-state index is 0.102. The Labute approximate surface area is 126 Å². The van der Waals surface area contributed by atoms with E-state index in [1.807, 2.05) is 30.0 Å². The van der Waals surface area contributed by atoms with E-state index in [-0.39, 0.29) is 11.3 Å². The van der Waals surface area contributed by atoms with Gasteiger partial charge < -0.3 is 10.6 Å². The SMILES string of the molecule is Cc1ccc(C(=O)N2CCC(C)(C(N)=S)CC2)cc1C. The number of hydrogen-bond donors (Lipinski definition) is 1. The normalized spacial score (nSPS) is 17.9. The molecule has 1 heterocycles. The van der Waals surface area contributed by atoms with E-state index in [1.54, 1.807) is 0 Å². The first kappa shape index (κ1) is 15.0. The monoisotopic (exact) mass is 290 g/mol. The van der Waals surface area contributed by atoms with Crippen molar-refractivity contribution in [3.05, 3.63) is 34.9 Å². The van der Waals surface area contributed by atoms with Gasteiger partial charge in [-0.15, -0.1) is 0 Å². The maximum absolute atomic E-state index is 12.5. The van der Waals surface area contributed by atoms with E-state index in [2.05, 4.69) is 13.8 Å². The second kappa shape index (κ2) is 5.52. The van der Waals surface area contributed by atoms with Gasteiger partial charge in [0, 0.05) is 24.1 Å². The van der Waals surface area contributed by atoms with Gasteiger partial charge in [-0.1, -0.05) is 25.2 Å². The maximum atomic E-state index is 12.5. The Balaban J connectivity index is 2.08. The molecular weight excluding hydrogens is 268 g/mol. The number of rotatable bonds is 2. The zero-order valence-electron chi connectivity index (χ0n) is 12.4. The summed E-state index contributed by atoms with van der Waals surface area (Å²) in [6.45, 7) is 7.62. The maximum Gasteiger partial charge on any atom is 0.253 e. The van der Waals surface area contributed by atoms with Crippen LogP contribution in [0.15, 0.2) is 18.2 Å². The van der Waals surface area contributed by atoms with Crippen molar-refractivity contribution >= 4 is 23.1 Å². The van der Waals surface area contributed by atoms with E-state index in [0.717, 1.165) is 37.1 Å². The lowest BCUT2D eigenvalue weighted by molar-refractivity contribution is 0.0670. The molecule has 20 heavy (non-hydrogen) atoms. The Morgan fingerprint density at radius 3 is 2.35 bits per heavy atom. The van der Waals surface area contributed by atoms with Gasteiger partial charge in [-0.25, -0.2) is 0 Å². The summed E-state index contributed by atoms with van der Waals surface area (Å²) in [5, 5.41) is 0.